The normalized spacial score (nSPS) is 16.4. The van der Waals surface area contributed by atoms with E-state index in [0.29, 0.717) is 31.6 Å². The molecule has 1 fully saturated rings. The van der Waals surface area contributed by atoms with Crippen LogP contribution < -0.4 is 5.56 Å². The summed E-state index contributed by atoms with van der Waals surface area (Å²) in [6.07, 6.45) is 1.42. The number of rotatable bonds is 2. The van der Waals surface area contributed by atoms with Gasteiger partial charge in [-0.25, -0.2) is 4.68 Å². The Hall–Kier alpha value is -2.09. The van der Waals surface area contributed by atoms with Crippen molar-refractivity contribution in [1.29, 1.82) is 0 Å². The molecule has 7 nitrogen and oxygen atoms in total. The molecule has 8 heteroatoms. The number of carbonyl (C=O) groups excluding carboxylic acids is 1. The lowest BCUT2D eigenvalue weighted by Crippen LogP contribution is -2.42. The molecule has 0 aromatic carbocycles. The first-order valence-electron chi connectivity index (χ1n) is 8.03. The van der Waals surface area contributed by atoms with E-state index in [0.717, 1.165) is 5.69 Å². The molecule has 0 atom stereocenters. The fourth-order valence-electron chi connectivity index (χ4n) is 2.82. The molecule has 1 aliphatic rings. The second-order valence-electron chi connectivity index (χ2n) is 7.06. The van der Waals surface area contributed by atoms with Crippen molar-refractivity contribution in [2.75, 3.05) is 13.1 Å². The summed E-state index contributed by atoms with van der Waals surface area (Å²) in [5.41, 5.74) is 1.10. The Morgan fingerprint density at radius 3 is 2.54 bits per heavy atom. The van der Waals surface area contributed by atoms with Gasteiger partial charge in [0, 0.05) is 30.0 Å². The third-order valence-corrected chi connectivity index (χ3v) is 4.77. The molecule has 3 rings (SSSR count). The summed E-state index contributed by atoms with van der Waals surface area (Å²) in [4.78, 5) is 26.3. The molecule has 0 spiro atoms. The molecule has 3 heterocycles. The van der Waals surface area contributed by atoms with Crippen molar-refractivity contribution in [1.82, 2.24) is 24.3 Å². The maximum Gasteiger partial charge on any atom is 0.275 e. The monoisotopic (exact) mass is 347 g/mol. The fourth-order valence-corrected chi connectivity index (χ4v) is 3.25. The van der Waals surface area contributed by atoms with Gasteiger partial charge < -0.3 is 4.90 Å². The molecule has 0 aliphatic carbocycles. The Balaban J connectivity index is 1.73. The van der Waals surface area contributed by atoms with Gasteiger partial charge in [0.1, 0.15) is 0 Å². The molecule has 0 unspecified atom stereocenters. The van der Waals surface area contributed by atoms with Gasteiger partial charge in [-0.3, -0.25) is 9.59 Å². The minimum atomic E-state index is -0.107. The van der Waals surface area contributed by atoms with E-state index in [4.69, 9.17) is 0 Å². The van der Waals surface area contributed by atoms with Gasteiger partial charge in [-0.1, -0.05) is 25.3 Å². The van der Waals surface area contributed by atoms with Crippen molar-refractivity contribution in [3.05, 3.63) is 39.3 Å². The summed E-state index contributed by atoms with van der Waals surface area (Å²) in [6, 6.07) is 3.41. The summed E-state index contributed by atoms with van der Waals surface area (Å²) in [5, 5.41) is 10.1. The van der Waals surface area contributed by atoms with Gasteiger partial charge in [0.15, 0.2) is 5.69 Å². The Morgan fingerprint density at radius 1 is 1.25 bits per heavy atom. The lowest BCUT2D eigenvalue weighted by atomic mass is 9.92. The van der Waals surface area contributed by atoms with Crippen LogP contribution in [0, 0.1) is 0 Å². The van der Waals surface area contributed by atoms with Crippen LogP contribution >= 0.6 is 11.5 Å². The zero-order valence-electron chi connectivity index (χ0n) is 14.1. The molecule has 2 aromatic rings. The lowest BCUT2D eigenvalue weighted by Gasteiger charge is -2.32. The third kappa shape index (κ3) is 3.38. The number of aromatic nitrogens is 4. The lowest BCUT2D eigenvalue weighted by molar-refractivity contribution is 0.0681. The van der Waals surface area contributed by atoms with Crippen LogP contribution in [-0.2, 0) is 5.41 Å². The molecule has 0 bridgehead atoms. The molecule has 24 heavy (non-hydrogen) atoms. The van der Waals surface area contributed by atoms with Crippen molar-refractivity contribution < 1.29 is 4.79 Å². The third-order valence-electron chi connectivity index (χ3n) is 4.27. The Bertz CT molecular complexity index is 771. The minimum Gasteiger partial charge on any atom is -0.337 e. The zero-order chi connectivity index (χ0) is 17.3. The number of nitrogens with zero attached hydrogens (tertiary/aromatic N) is 5. The van der Waals surface area contributed by atoms with Gasteiger partial charge >= 0.3 is 0 Å². The number of carbonyl (C=O) groups is 1. The number of hydrogen-bond donors (Lipinski definition) is 0. The van der Waals surface area contributed by atoms with Crippen molar-refractivity contribution in [3.8, 4) is 0 Å². The molecule has 0 N–H and O–H groups in total. The molecule has 128 valence electrons. The fraction of sp³-hybridized carbons (Fsp3) is 0.562. The molecule has 1 saturated heterocycles. The largest absolute Gasteiger partial charge is 0.337 e. The van der Waals surface area contributed by atoms with Crippen molar-refractivity contribution in [2.24, 2.45) is 0 Å². The van der Waals surface area contributed by atoms with Crippen molar-refractivity contribution >= 4 is 17.4 Å². The van der Waals surface area contributed by atoms with Crippen LogP contribution in [0.4, 0.5) is 0 Å². The van der Waals surface area contributed by atoms with Crippen LogP contribution in [0.2, 0.25) is 0 Å². The Morgan fingerprint density at radius 2 is 1.96 bits per heavy atom. The highest BCUT2D eigenvalue weighted by molar-refractivity contribution is 7.03. The topological polar surface area (TPSA) is 81.0 Å². The van der Waals surface area contributed by atoms with Crippen LogP contribution in [0.25, 0.3) is 0 Å². The summed E-state index contributed by atoms with van der Waals surface area (Å²) in [6.45, 7) is 7.41. The van der Waals surface area contributed by atoms with E-state index >= 15 is 0 Å². The molecule has 2 aromatic heterocycles. The molecular weight excluding hydrogens is 326 g/mol. The van der Waals surface area contributed by atoms with Crippen LogP contribution in [0.1, 0.15) is 55.8 Å². The van der Waals surface area contributed by atoms with Gasteiger partial charge in [-0.2, -0.15) is 5.10 Å². The number of amides is 1. The van der Waals surface area contributed by atoms with Gasteiger partial charge in [0.2, 0.25) is 0 Å². The Kier molecular flexibility index (Phi) is 4.49. The predicted octanol–water partition coefficient (Wildman–Crippen LogP) is 1.87. The van der Waals surface area contributed by atoms with Crippen LogP contribution in [0.5, 0.6) is 0 Å². The molecule has 0 radical (unpaired) electrons. The first kappa shape index (κ1) is 16.8. The highest BCUT2D eigenvalue weighted by Gasteiger charge is 2.27. The van der Waals surface area contributed by atoms with Gasteiger partial charge in [-0.05, 0) is 30.4 Å². The first-order valence-corrected chi connectivity index (χ1v) is 8.86. The zero-order valence-corrected chi connectivity index (χ0v) is 14.9. The number of hydrogen-bond acceptors (Lipinski definition) is 6. The predicted molar refractivity (Wildman–Crippen MR) is 91.3 cm³/mol. The second-order valence-corrected chi connectivity index (χ2v) is 7.67. The standard InChI is InChI=1S/C16H21N5O2S/c1-16(2,3)13-4-5-14(22)21(18-13)11-6-8-20(9-7-11)15(23)12-10-24-19-17-12/h4-5,10-11H,6-9H2,1-3H3. The number of likely N-dealkylation sites (tertiary alicyclic amines) is 1. The molecule has 1 amide bonds. The van der Waals surface area contributed by atoms with Crippen LogP contribution in [-0.4, -0.2) is 43.3 Å². The summed E-state index contributed by atoms with van der Waals surface area (Å²) in [5.74, 6) is -0.0917. The van der Waals surface area contributed by atoms with E-state index < -0.39 is 0 Å². The highest BCUT2D eigenvalue weighted by atomic mass is 32.1. The summed E-state index contributed by atoms with van der Waals surface area (Å²) in [7, 11) is 0. The first-order chi connectivity index (χ1) is 11.4. The van der Waals surface area contributed by atoms with E-state index in [-0.39, 0.29) is 22.9 Å². The van der Waals surface area contributed by atoms with E-state index in [1.165, 1.54) is 11.5 Å². The Labute approximate surface area is 144 Å². The van der Waals surface area contributed by atoms with Gasteiger partial charge in [-0.15, -0.1) is 5.10 Å². The van der Waals surface area contributed by atoms with E-state index in [2.05, 4.69) is 35.5 Å². The number of piperidine rings is 1. The minimum absolute atomic E-state index is 0.0254. The van der Waals surface area contributed by atoms with Gasteiger partial charge in [0.05, 0.1) is 11.7 Å². The molecule has 1 aliphatic heterocycles. The average Bonchev–Trinajstić information content (AvgIpc) is 3.08. The van der Waals surface area contributed by atoms with Crippen LogP contribution in [0.3, 0.4) is 0 Å². The SMILES string of the molecule is CC(C)(C)c1ccc(=O)n(C2CCN(C(=O)c3csnn3)CC2)n1. The van der Waals surface area contributed by atoms with Crippen molar-refractivity contribution in [3.63, 3.8) is 0 Å². The smallest absolute Gasteiger partial charge is 0.275 e. The maximum absolute atomic E-state index is 12.3. The van der Waals surface area contributed by atoms with E-state index in [9.17, 15) is 9.59 Å². The second kappa shape index (κ2) is 6.43. The van der Waals surface area contributed by atoms with Crippen LogP contribution in [0.15, 0.2) is 22.3 Å². The van der Waals surface area contributed by atoms with E-state index in [1.54, 1.807) is 27.1 Å². The molecular formula is C16H21N5O2S. The maximum atomic E-state index is 12.3. The quantitative estimate of drug-likeness (QED) is 0.828. The van der Waals surface area contributed by atoms with E-state index in [1.807, 2.05) is 0 Å². The summed E-state index contributed by atoms with van der Waals surface area (Å²) >= 11 is 1.17. The average molecular weight is 347 g/mol. The van der Waals surface area contributed by atoms with Gasteiger partial charge in [0.25, 0.3) is 11.5 Å². The highest BCUT2D eigenvalue weighted by Crippen LogP contribution is 2.23. The molecule has 0 saturated carbocycles. The summed E-state index contributed by atoms with van der Waals surface area (Å²) < 4.78 is 5.32. The van der Waals surface area contributed by atoms with Crippen molar-refractivity contribution in [2.45, 2.75) is 45.1 Å².